The van der Waals surface area contributed by atoms with E-state index >= 15 is 0 Å². The molecule has 0 saturated carbocycles. The highest BCUT2D eigenvalue weighted by atomic mass is 19.1. The van der Waals surface area contributed by atoms with Crippen molar-refractivity contribution in [2.75, 3.05) is 12.4 Å². The van der Waals surface area contributed by atoms with Gasteiger partial charge in [-0.25, -0.2) is 9.07 Å². The molecule has 0 bridgehead atoms. The molecule has 2 amide bonds. The summed E-state index contributed by atoms with van der Waals surface area (Å²) in [6, 6.07) is 17.5. The number of primary amides is 1. The van der Waals surface area contributed by atoms with Gasteiger partial charge in [-0.2, -0.15) is 5.10 Å². The van der Waals surface area contributed by atoms with Crippen LogP contribution < -0.4 is 21.1 Å². The minimum absolute atomic E-state index is 0.0295. The molecule has 0 aliphatic carbocycles. The summed E-state index contributed by atoms with van der Waals surface area (Å²) in [7, 11) is 1.43. The molecule has 0 unspecified atom stereocenters. The van der Waals surface area contributed by atoms with E-state index in [-0.39, 0.29) is 17.5 Å². The van der Waals surface area contributed by atoms with E-state index in [2.05, 4.69) is 43.5 Å². The van der Waals surface area contributed by atoms with Gasteiger partial charge in [-0.15, -0.1) is 0 Å². The second-order valence-corrected chi connectivity index (χ2v) is 10.9. The quantitative estimate of drug-likeness (QED) is 0.306. The lowest BCUT2D eigenvalue weighted by Crippen LogP contribution is -2.23. The van der Waals surface area contributed by atoms with Gasteiger partial charge in [-0.3, -0.25) is 9.59 Å². The first-order valence-corrected chi connectivity index (χ1v) is 13.1. The number of carbonyl (C=O) groups is 2. The topological polar surface area (TPSA) is 111 Å². The Morgan fingerprint density at radius 3 is 2.52 bits per heavy atom. The molecule has 4 N–H and O–H groups in total. The van der Waals surface area contributed by atoms with Crippen LogP contribution in [-0.2, 0) is 24.9 Å². The second kappa shape index (κ2) is 10.5. The Hall–Kier alpha value is -4.66. The fourth-order valence-corrected chi connectivity index (χ4v) is 4.84. The predicted molar refractivity (Wildman–Crippen MR) is 152 cm³/mol. The molecule has 2 heterocycles. The number of rotatable bonds is 6. The molecule has 206 valence electrons. The molecule has 9 heteroatoms. The molecule has 1 aliphatic heterocycles. The van der Waals surface area contributed by atoms with Gasteiger partial charge in [0.05, 0.1) is 12.7 Å². The average molecular weight is 542 g/mol. The Kier molecular flexibility index (Phi) is 7.06. The van der Waals surface area contributed by atoms with Crippen molar-refractivity contribution >= 4 is 23.3 Å². The summed E-state index contributed by atoms with van der Waals surface area (Å²) in [5.41, 5.74) is 11.7. The van der Waals surface area contributed by atoms with E-state index < -0.39 is 17.6 Å². The van der Waals surface area contributed by atoms with Gasteiger partial charge in [0.1, 0.15) is 28.6 Å². The number of nitrogens with two attached hydrogens (primary N) is 1. The molecule has 0 spiro atoms. The predicted octanol–water partition coefficient (Wildman–Crippen LogP) is 5.32. The van der Waals surface area contributed by atoms with Crippen molar-refractivity contribution < 1.29 is 18.7 Å². The Bertz CT molecular complexity index is 1600. The van der Waals surface area contributed by atoms with Crippen LogP contribution >= 0.6 is 0 Å². The highest BCUT2D eigenvalue weighted by Gasteiger charge is 2.27. The molecule has 0 radical (unpaired) electrons. The summed E-state index contributed by atoms with van der Waals surface area (Å²) in [5, 5.41) is 11.0. The molecule has 8 nitrogen and oxygen atoms in total. The van der Waals surface area contributed by atoms with Crippen molar-refractivity contribution in [3.63, 3.8) is 0 Å². The SMILES string of the molecule is COc1ccc(F)cc1C(=O)NCc1ccc(-c2nn3c(c2C(N)=O)Nc2ccc(C(C)(C)C)cc2CC3)cc1. The third kappa shape index (κ3) is 5.27. The van der Waals surface area contributed by atoms with Crippen molar-refractivity contribution in [1.82, 2.24) is 15.1 Å². The summed E-state index contributed by atoms with van der Waals surface area (Å²) < 4.78 is 20.6. The van der Waals surface area contributed by atoms with Crippen LogP contribution in [-0.4, -0.2) is 28.7 Å². The van der Waals surface area contributed by atoms with E-state index in [0.717, 1.165) is 34.9 Å². The Labute approximate surface area is 232 Å². The third-order valence-electron chi connectivity index (χ3n) is 7.10. The maximum atomic E-state index is 13.7. The lowest BCUT2D eigenvalue weighted by molar-refractivity contribution is 0.0946. The van der Waals surface area contributed by atoms with Crippen LogP contribution in [0.25, 0.3) is 11.3 Å². The van der Waals surface area contributed by atoms with E-state index in [1.807, 2.05) is 30.3 Å². The highest BCUT2D eigenvalue weighted by Crippen LogP contribution is 2.36. The van der Waals surface area contributed by atoms with Gasteiger partial charge in [0, 0.05) is 24.3 Å². The van der Waals surface area contributed by atoms with Gasteiger partial charge in [-0.05, 0) is 52.8 Å². The largest absolute Gasteiger partial charge is 0.496 e. The standard InChI is InChI=1S/C31H32FN5O3/c1-31(2,3)21-9-11-24-20(15-21)13-14-37-29(35-24)26(28(33)38)27(36-37)19-7-5-18(6-8-19)17-34-30(39)23-16-22(32)10-12-25(23)40-4/h5-12,15-16,35H,13-14,17H2,1-4H3,(H2,33,38)(H,34,39). The molecule has 1 aromatic heterocycles. The highest BCUT2D eigenvalue weighted by molar-refractivity contribution is 6.04. The number of carbonyl (C=O) groups excluding carboxylic acids is 2. The number of aromatic nitrogens is 2. The summed E-state index contributed by atoms with van der Waals surface area (Å²) in [6.07, 6.45) is 0.757. The lowest BCUT2D eigenvalue weighted by Gasteiger charge is -2.21. The molecule has 0 atom stereocenters. The Morgan fingerprint density at radius 1 is 1.10 bits per heavy atom. The second-order valence-electron chi connectivity index (χ2n) is 10.9. The van der Waals surface area contributed by atoms with Crippen LogP contribution in [0, 0.1) is 5.82 Å². The van der Waals surface area contributed by atoms with Gasteiger partial charge < -0.3 is 21.1 Å². The van der Waals surface area contributed by atoms with Crippen LogP contribution in [0.3, 0.4) is 0 Å². The number of amides is 2. The maximum Gasteiger partial charge on any atom is 0.255 e. The fourth-order valence-electron chi connectivity index (χ4n) is 4.84. The molecule has 0 saturated heterocycles. The zero-order valence-electron chi connectivity index (χ0n) is 23.0. The lowest BCUT2D eigenvalue weighted by atomic mass is 9.85. The summed E-state index contributed by atoms with van der Waals surface area (Å²) >= 11 is 0. The van der Waals surface area contributed by atoms with Gasteiger partial charge in [0.15, 0.2) is 0 Å². The number of aryl methyl sites for hydroxylation is 2. The number of fused-ring (bicyclic) bond motifs is 2. The zero-order chi connectivity index (χ0) is 28.6. The van der Waals surface area contributed by atoms with Crippen molar-refractivity contribution in [3.8, 4) is 17.0 Å². The average Bonchev–Trinajstić information content (AvgIpc) is 3.19. The van der Waals surface area contributed by atoms with Crippen LogP contribution in [0.4, 0.5) is 15.9 Å². The molecular weight excluding hydrogens is 509 g/mol. The maximum absolute atomic E-state index is 13.7. The van der Waals surface area contributed by atoms with Crippen molar-refractivity contribution in [2.45, 2.75) is 45.7 Å². The van der Waals surface area contributed by atoms with Crippen molar-refractivity contribution in [3.05, 3.63) is 94.3 Å². The van der Waals surface area contributed by atoms with Crippen LogP contribution in [0.2, 0.25) is 0 Å². The third-order valence-corrected chi connectivity index (χ3v) is 7.10. The van der Waals surface area contributed by atoms with E-state index in [4.69, 9.17) is 15.6 Å². The Morgan fingerprint density at radius 2 is 1.85 bits per heavy atom. The molecule has 40 heavy (non-hydrogen) atoms. The van der Waals surface area contributed by atoms with E-state index in [9.17, 15) is 14.0 Å². The number of nitrogens with zero attached hydrogens (tertiary/aromatic N) is 2. The number of hydrogen-bond acceptors (Lipinski definition) is 5. The van der Waals surface area contributed by atoms with Crippen LogP contribution in [0.5, 0.6) is 5.75 Å². The van der Waals surface area contributed by atoms with Crippen LogP contribution in [0.1, 0.15) is 58.2 Å². The number of nitrogens with one attached hydrogen (secondary N) is 2. The number of benzene rings is 3. The summed E-state index contributed by atoms with van der Waals surface area (Å²) in [4.78, 5) is 25.3. The first kappa shape index (κ1) is 26.9. The Balaban J connectivity index is 1.37. The number of hydrogen-bond donors (Lipinski definition) is 3. The zero-order valence-corrected chi connectivity index (χ0v) is 23.0. The van der Waals surface area contributed by atoms with Gasteiger partial charge >= 0.3 is 0 Å². The molecule has 1 aliphatic rings. The number of ether oxygens (including phenoxy) is 1. The van der Waals surface area contributed by atoms with Crippen molar-refractivity contribution in [2.24, 2.45) is 5.73 Å². The molecule has 4 aromatic rings. The van der Waals surface area contributed by atoms with Gasteiger partial charge in [0.25, 0.3) is 11.8 Å². The minimum Gasteiger partial charge on any atom is -0.496 e. The first-order chi connectivity index (χ1) is 19.0. The summed E-state index contributed by atoms with van der Waals surface area (Å²) in [5.74, 6) is -0.676. The van der Waals surface area contributed by atoms with Crippen molar-refractivity contribution in [1.29, 1.82) is 0 Å². The fraction of sp³-hybridized carbons (Fsp3) is 0.258. The van der Waals surface area contributed by atoms with Crippen LogP contribution in [0.15, 0.2) is 60.7 Å². The number of halogens is 1. The number of anilines is 2. The first-order valence-electron chi connectivity index (χ1n) is 13.1. The van der Waals surface area contributed by atoms with E-state index in [0.29, 0.717) is 29.4 Å². The molecule has 0 fully saturated rings. The monoisotopic (exact) mass is 541 g/mol. The normalized spacial score (nSPS) is 12.5. The van der Waals surface area contributed by atoms with Gasteiger partial charge in [0.2, 0.25) is 0 Å². The number of methoxy groups -OCH3 is 1. The summed E-state index contributed by atoms with van der Waals surface area (Å²) in [6.45, 7) is 7.36. The molecule has 3 aromatic carbocycles. The minimum atomic E-state index is -0.570. The van der Waals surface area contributed by atoms with Gasteiger partial charge in [-0.1, -0.05) is 57.2 Å². The smallest absolute Gasteiger partial charge is 0.255 e. The molecular formula is C31H32FN5O3. The van der Waals surface area contributed by atoms with E-state index in [1.165, 1.54) is 24.8 Å². The molecule has 5 rings (SSSR count). The van der Waals surface area contributed by atoms with E-state index in [1.54, 1.807) is 4.68 Å².